The van der Waals surface area contributed by atoms with Gasteiger partial charge >= 0.3 is 0 Å². The molecule has 3 aromatic rings. The first-order chi connectivity index (χ1) is 16.3. The number of hydrogen-bond acceptors (Lipinski definition) is 6. The molecule has 34 heavy (non-hydrogen) atoms. The zero-order valence-electron chi connectivity index (χ0n) is 19.7. The summed E-state index contributed by atoms with van der Waals surface area (Å²) in [5, 5.41) is 15.8. The number of benzene rings is 2. The number of ketones is 1. The van der Waals surface area contributed by atoms with Crippen LogP contribution in [0.5, 0.6) is 5.75 Å². The molecule has 1 atom stereocenters. The summed E-state index contributed by atoms with van der Waals surface area (Å²) in [5.74, 6) is -0.901. The van der Waals surface area contributed by atoms with Crippen molar-refractivity contribution in [1.29, 1.82) is 0 Å². The molecule has 0 aliphatic carbocycles. The van der Waals surface area contributed by atoms with E-state index >= 15 is 0 Å². The fourth-order valence-corrected chi connectivity index (χ4v) is 4.17. The van der Waals surface area contributed by atoms with Crippen LogP contribution in [0.3, 0.4) is 0 Å². The van der Waals surface area contributed by atoms with E-state index in [1.807, 2.05) is 68.4 Å². The van der Waals surface area contributed by atoms with E-state index in [2.05, 4.69) is 5.10 Å². The van der Waals surface area contributed by atoms with Crippen LogP contribution in [-0.2, 0) is 9.59 Å². The number of ether oxygens (including phenoxy) is 1. The second-order valence-corrected chi connectivity index (χ2v) is 8.46. The molecule has 1 saturated heterocycles. The maximum absolute atomic E-state index is 13.2. The number of rotatable bonds is 7. The first-order valence-electron chi connectivity index (χ1n) is 11.0. The van der Waals surface area contributed by atoms with Gasteiger partial charge in [-0.25, -0.2) is 4.68 Å². The smallest absolute Gasteiger partial charge is 0.295 e. The van der Waals surface area contributed by atoms with Crippen LogP contribution in [0.2, 0.25) is 0 Å². The molecule has 0 bridgehead atoms. The first kappa shape index (κ1) is 23.3. The summed E-state index contributed by atoms with van der Waals surface area (Å²) in [6.07, 6.45) is 1.52. The van der Waals surface area contributed by atoms with E-state index in [-0.39, 0.29) is 11.3 Å². The fourth-order valence-electron chi connectivity index (χ4n) is 4.17. The maximum Gasteiger partial charge on any atom is 0.295 e. The fraction of sp³-hybridized carbons (Fsp3) is 0.269. The normalized spacial score (nSPS) is 17.6. The van der Waals surface area contributed by atoms with E-state index in [0.717, 1.165) is 5.69 Å². The van der Waals surface area contributed by atoms with Gasteiger partial charge in [0.2, 0.25) is 0 Å². The summed E-state index contributed by atoms with van der Waals surface area (Å²) in [7, 11) is 5.38. The zero-order chi connectivity index (χ0) is 24.4. The number of aromatic nitrogens is 2. The molecule has 1 aliphatic heterocycles. The van der Waals surface area contributed by atoms with Gasteiger partial charge in [-0.15, -0.1) is 0 Å². The summed E-state index contributed by atoms with van der Waals surface area (Å²) in [6.45, 7) is 2.73. The molecule has 0 saturated carbocycles. The topological polar surface area (TPSA) is 87.9 Å². The van der Waals surface area contributed by atoms with Crippen LogP contribution in [0.25, 0.3) is 11.4 Å². The molecular weight excluding hydrogens is 432 g/mol. The number of para-hydroxylation sites is 1. The van der Waals surface area contributed by atoms with Crippen molar-refractivity contribution in [2.75, 3.05) is 34.3 Å². The van der Waals surface area contributed by atoms with Crippen molar-refractivity contribution >= 4 is 17.4 Å². The molecule has 4 rings (SSSR count). The molecule has 0 spiro atoms. The van der Waals surface area contributed by atoms with Crippen LogP contribution in [0, 0.1) is 6.92 Å². The molecule has 176 valence electrons. The Morgan fingerprint density at radius 3 is 2.38 bits per heavy atom. The lowest BCUT2D eigenvalue weighted by Gasteiger charge is -2.26. The molecule has 0 radical (unpaired) electrons. The number of likely N-dealkylation sites (tertiary alicyclic amines) is 1. The van der Waals surface area contributed by atoms with Crippen molar-refractivity contribution in [2.24, 2.45) is 0 Å². The Bertz CT molecular complexity index is 1230. The highest BCUT2D eigenvalue weighted by atomic mass is 16.5. The summed E-state index contributed by atoms with van der Waals surface area (Å²) in [4.78, 5) is 29.7. The van der Waals surface area contributed by atoms with Gasteiger partial charge in [0.1, 0.15) is 11.5 Å². The number of carbonyl (C=O) groups is 2. The second-order valence-electron chi connectivity index (χ2n) is 8.46. The van der Waals surface area contributed by atoms with Gasteiger partial charge in [0, 0.05) is 13.1 Å². The Labute approximate surface area is 198 Å². The van der Waals surface area contributed by atoms with Crippen LogP contribution < -0.4 is 4.74 Å². The molecule has 1 N–H and O–H groups in total. The minimum absolute atomic E-state index is 0.0598. The number of nitrogens with zero attached hydrogens (tertiary/aromatic N) is 4. The van der Waals surface area contributed by atoms with Crippen LogP contribution in [0.4, 0.5) is 0 Å². The number of methoxy groups -OCH3 is 1. The Morgan fingerprint density at radius 1 is 1.09 bits per heavy atom. The van der Waals surface area contributed by atoms with Crippen LogP contribution >= 0.6 is 0 Å². The Morgan fingerprint density at radius 2 is 1.76 bits per heavy atom. The average molecular weight is 461 g/mol. The lowest BCUT2D eigenvalue weighted by Crippen LogP contribution is -2.35. The van der Waals surface area contributed by atoms with E-state index in [1.165, 1.54) is 11.1 Å². The Hall–Kier alpha value is -3.91. The molecule has 1 aliphatic rings. The standard InChI is InChI=1S/C26H28N4O4/c1-17-21(16-27-30(17)19-8-6-5-7-9-19)24(31)22-23(18-10-12-20(34-4)13-11-18)29(15-14-28(2)3)26(33)25(22)32/h5-13,16,23,31H,14-15H2,1-4H3/b24-22+/t23-/m0/s1. The summed E-state index contributed by atoms with van der Waals surface area (Å²) >= 11 is 0. The van der Waals surface area contributed by atoms with E-state index in [9.17, 15) is 14.7 Å². The molecule has 0 unspecified atom stereocenters. The van der Waals surface area contributed by atoms with Crippen LogP contribution in [0.15, 0.2) is 66.4 Å². The van der Waals surface area contributed by atoms with E-state index < -0.39 is 17.7 Å². The molecule has 8 nitrogen and oxygen atoms in total. The predicted molar refractivity (Wildman–Crippen MR) is 129 cm³/mol. The number of likely N-dealkylation sites (N-methyl/N-ethyl adjacent to an activating group) is 1. The largest absolute Gasteiger partial charge is 0.507 e. The van der Waals surface area contributed by atoms with E-state index in [4.69, 9.17) is 4.74 Å². The SMILES string of the molecule is COc1ccc([C@H]2/C(=C(\O)c3cnn(-c4ccccc4)c3C)C(=O)C(=O)N2CCN(C)C)cc1. The minimum atomic E-state index is -0.717. The number of hydrogen-bond donors (Lipinski definition) is 1. The number of Topliss-reactive ketones (excluding diaryl/α,β-unsaturated/α-hetero) is 1. The van der Waals surface area contributed by atoms with Gasteiger partial charge < -0.3 is 19.6 Å². The summed E-state index contributed by atoms with van der Waals surface area (Å²) in [6, 6.07) is 16.0. The van der Waals surface area contributed by atoms with Gasteiger partial charge in [0.05, 0.1) is 41.9 Å². The molecule has 2 aromatic carbocycles. The van der Waals surface area contributed by atoms with Crippen molar-refractivity contribution in [3.8, 4) is 11.4 Å². The highest BCUT2D eigenvalue weighted by Crippen LogP contribution is 2.40. The van der Waals surface area contributed by atoms with Gasteiger partial charge in [-0.3, -0.25) is 9.59 Å². The third-order valence-corrected chi connectivity index (χ3v) is 6.03. The van der Waals surface area contributed by atoms with Gasteiger partial charge in [-0.05, 0) is 50.8 Å². The van der Waals surface area contributed by atoms with Gasteiger partial charge in [0.15, 0.2) is 0 Å². The first-order valence-corrected chi connectivity index (χ1v) is 11.0. The lowest BCUT2D eigenvalue weighted by atomic mass is 9.95. The van der Waals surface area contributed by atoms with Gasteiger partial charge in [-0.2, -0.15) is 5.10 Å². The van der Waals surface area contributed by atoms with E-state index in [1.54, 1.807) is 23.9 Å². The van der Waals surface area contributed by atoms with Crippen LogP contribution in [-0.4, -0.2) is 70.7 Å². The van der Waals surface area contributed by atoms with Crippen molar-refractivity contribution < 1.29 is 19.4 Å². The maximum atomic E-state index is 13.2. The number of aliphatic hydroxyl groups is 1. The second kappa shape index (κ2) is 9.52. The van der Waals surface area contributed by atoms with Crippen molar-refractivity contribution in [3.05, 3.63) is 83.2 Å². The molecule has 1 fully saturated rings. The van der Waals surface area contributed by atoms with E-state index in [0.29, 0.717) is 35.7 Å². The Balaban J connectivity index is 1.83. The molecular formula is C26H28N4O4. The Kier molecular flexibility index (Phi) is 6.51. The molecule has 8 heteroatoms. The summed E-state index contributed by atoms with van der Waals surface area (Å²) in [5.41, 5.74) is 2.68. The number of carbonyl (C=O) groups excluding carboxylic acids is 2. The third-order valence-electron chi connectivity index (χ3n) is 6.03. The van der Waals surface area contributed by atoms with Crippen molar-refractivity contribution in [3.63, 3.8) is 0 Å². The zero-order valence-corrected chi connectivity index (χ0v) is 19.7. The molecule has 2 heterocycles. The minimum Gasteiger partial charge on any atom is -0.507 e. The lowest BCUT2D eigenvalue weighted by molar-refractivity contribution is -0.140. The number of aliphatic hydroxyl groups excluding tert-OH is 1. The number of amides is 1. The molecule has 1 aromatic heterocycles. The average Bonchev–Trinajstić information content (AvgIpc) is 3.35. The monoisotopic (exact) mass is 460 g/mol. The molecule has 1 amide bonds. The quantitative estimate of drug-likeness (QED) is 0.331. The van der Waals surface area contributed by atoms with Gasteiger partial charge in [0.25, 0.3) is 11.7 Å². The van der Waals surface area contributed by atoms with Crippen molar-refractivity contribution in [2.45, 2.75) is 13.0 Å². The van der Waals surface area contributed by atoms with Gasteiger partial charge in [-0.1, -0.05) is 30.3 Å². The third kappa shape index (κ3) is 4.20. The van der Waals surface area contributed by atoms with Crippen LogP contribution in [0.1, 0.15) is 22.9 Å². The highest BCUT2D eigenvalue weighted by molar-refractivity contribution is 6.46. The highest BCUT2D eigenvalue weighted by Gasteiger charge is 2.46. The predicted octanol–water partition coefficient (Wildman–Crippen LogP) is 3.17. The van der Waals surface area contributed by atoms with Crippen molar-refractivity contribution in [1.82, 2.24) is 19.6 Å². The summed E-state index contributed by atoms with van der Waals surface area (Å²) < 4.78 is 6.95.